The summed E-state index contributed by atoms with van der Waals surface area (Å²) in [5.74, 6) is -0.647. The van der Waals surface area contributed by atoms with Crippen molar-refractivity contribution in [3.63, 3.8) is 0 Å². The molecule has 6 atom stereocenters. The lowest BCUT2D eigenvalue weighted by atomic mass is 9.43. The second-order valence-corrected chi connectivity index (χ2v) is 8.92. The molecular weight excluding hydrogens is 332 g/mol. The molecule has 0 bridgehead atoms. The lowest BCUT2D eigenvalue weighted by Crippen LogP contribution is -2.68. The Hall–Kier alpha value is -1.33. The average molecular weight is 364 g/mol. The number of esters is 1. The minimum atomic E-state index is -0.954. The molecule has 0 saturated heterocycles. The number of aliphatic hydroxyl groups excluding tert-OH is 1. The highest BCUT2D eigenvalue weighted by Gasteiger charge is 2.66. The van der Waals surface area contributed by atoms with Crippen LogP contribution in [-0.4, -0.2) is 35.0 Å². The molecule has 1 unspecified atom stereocenters. The van der Waals surface area contributed by atoms with Crippen LogP contribution in [0, 0.1) is 22.7 Å². The van der Waals surface area contributed by atoms with E-state index in [0.29, 0.717) is 25.7 Å². The number of aliphatic hydroxyl groups is 2. The predicted molar refractivity (Wildman–Crippen MR) is 97.3 cm³/mol. The second kappa shape index (κ2) is 6.68. The predicted octanol–water partition coefficient (Wildman–Crippen LogP) is 3.33. The Kier molecular flexibility index (Phi) is 4.99. The van der Waals surface area contributed by atoms with Gasteiger partial charge in [0.2, 0.25) is 0 Å². The SMILES string of the molecule is COC(=O)[C@@]1(C)CCC[C@@]2(C)C1[C@H](O)C[C@@H](C)[C@]2(O)CCc1ccoc1. The fourth-order valence-electron chi connectivity index (χ4n) is 6.19. The van der Waals surface area contributed by atoms with Gasteiger partial charge in [0.25, 0.3) is 0 Å². The highest BCUT2D eigenvalue weighted by Crippen LogP contribution is 2.64. The third-order valence-corrected chi connectivity index (χ3v) is 7.58. The minimum absolute atomic E-state index is 0.0503. The lowest BCUT2D eigenvalue weighted by Gasteiger charge is -2.64. The first kappa shape index (κ1) is 19.4. The second-order valence-electron chi connectivity index (χ2n) is 8.92. The smallest absolute Gasteiger partial charge is 0.311 e. The van der Waals surface area contributed by atoms with Crippen LogP contribution in [0.1, 0.15) is 58.4 Å². The van der Waals surface area contributed by atoms with E-state index in [1.54, 1.807) is 12.5 Å². The van der Waals surface area contributed by atoms with E-state index in [2.05, 4.69) is 6.92 Å². The standard InChI is InChI=1S/C21H32O5/c1-14-12-16(22)17-19(2,18(23)25-4)8-5-9-20(17,3)21(14,24)10-6-15-7-11-26-13-15/h7,11,13-14,16-17,22,24H,5-6,8-10,12H2,1-4H3/t14-,16-,17?,19+,20+,21-/m1/s1. The number of aryl methyl sites for hydroxylation is 1. The van der Waals surface area contributed by atoms with Crippen molar-refractivity contribution >= 4 is 5.97 Å². The van der Waals surface area contributed by atoms with Gasteiger partial charge in [-0.25, -0.2) is 0 Å². The van der Waals surface area contributed by atoms with Crippen LogP contribution < -0.4 is 0 Å². The zero-order chi connectivity index (χ0) is 19.2. The van der Waals surface area contributed by atoms with Crippen LogP contribution in [0.15, 0.2) is 23.0 Å². The lowest BCUT2D eigenvalue weighted by molar-refractivity contribution is -0.249. The Morgan fingerprint density at radius 2 is 2.12 bits per heavy atom. The first-order chi connectivity index (χ1) is 12.2. The van der Waals surface area contributed by atoms with Crippen LogP contribution in [0.25, 0.3) is 0 Å². The van der Waals surface area contributed by atoms with Crippen molar-refractivity contribution in [3.8, 4) is 0 Å². The number of hydrogen-bond donors (Lipinski definition) is 2. The van der Waals surface area contributed by atoms with E-state index in [1.807, 2.05) is 19.9 Å². The topological polar surface area (TPSA) is 79.9 Å². The first-order valence-corrected chi connectivity index (χ1v) is 9.69. The molecule has 2 aliphatic rings. The molecule has 2 N–H and O–H groups in total. The number of carbonyl (C=O) groups is 1. The van der Waals surface area contributed by atoms with Crippen LogP contribution in [0.2, 0.25) is 0 Å². The summed E-state index contributed by atoms with van der Waals surface area (Å²) in [5, 5.41) is 22.9. The normalized spacial score (nSPS) is 42.9. The molecule has 0 amide bonds. The van der Waals surface area contributed by atoms with Crippen LogP contribution in [0.4, 0.5) is 0 Å². The number of hydrogen-bond acceptors (Lipinski definition) is 5. The van der Waals surface area contributed by atoms with Crippen molar-refractivity contribution in [1.29, 1.82) is 0 Å². The number of fused-ring (bicyclic) bond motifs is 1. The van der Waals surface area contributed by atoms with E-state index in [-0.39, 0.29) is 17.8 Å². The molecule has 0 aromatic carbocycles. The molecule has 0 aliphatic heterocycles. The van der Waals surface area contributed by atoms with Gasteiger partial charge in [0.05, 0.1) is 36.8 Å². The van der Waals surface area contributed by atoms with E-state index in [9.17, 15) is 15.0 Å². The molecule has 5 nitrogen and oxygen atoms in total. The molecule has 26 heavy (non-hydrogen) atoms. The molecule has 1 aromatic rings. The minimum Gasteiger partial charge on any atom is -0.472 e. The summed E-state index contributed by atoms with van der Waals surface area (Å²) < 4.78 is 10.3. The maximum Gasteiger partial charge on any atom is 0.311 e. The van der Waals surface area contributed by atoms with Crippen LogP contribution >= 0.6 is 0 Å². The van der Waals surface area contributed by atoms with Gasteiger partial charge in [0, 0.05) is 11.3 Å². The maximum absolute atomic E-state index is 12.6. The zero-order valence-corrected chi connectivity index (χ0v) is 16.3. The van der Waals surface area contributed by atoms with Gasteiger partial charge in [-0.3, -0.25) is 4.79 Å². The molecule has 146 valence electrons. The summed E-state index contributed by atoms with van der Waals surface area (Å²) in [6.07, 6.45) is 6.86. The monoisotopic (exact) mass is 364 g/mol. The molecule has 1 aromatic heterocycles. The first-order valence-electron chi connectivity index (χ1n) is 9.69. The molecule has 0 spiro atoms. The molecule has 5 heteroatoms. The summed E-state index contributed by atoms with van der Waals surface area (Å²) in [5.41, 5.74) is -1.22. The van der Waals surface area contributed by atoms with Gasteiger partial charge >= 0.3 is 5.97 Å². The van der Waals surface area contributed by atoms with E-state index < -0.39 is 22.5 Å². The Bertz CT molecular complexity index is 641. The molecule has 2 saturated carbocycles. The Balaban J connectivity index is 1.98. The van der Waals surface area contributed by atoms with E-state index in [0.717, 1.165) is 18.4 Å². The molecule has 1 heterocycles. The van der Waals surface area contributed by atoms with Crippen molar-refractivity contribution in [3.05, 3.63) is 24.2 Å². The van der Waals surface area contributed by atoms with Gasteiger partial charge in [0.15, 0.2) is 0 Å². The average Bonchev–Trinajstić information content (AvgIpc) is 3.11. The van der Waals surface area contributed by atoms with Crippen molar-refractivity contribution in [2.75, 3.05) is 7.11 Å². The highest BCUT2D eigenvalue weighted by atomic mass is 16.5. The highest BCUT2D eigenvalue weighted by molar-refractivity contribution is 5.77. The number of ether oxygens (including phenoxy) is 1. The zero-order valence-electron chi connectivity index (χ0n) is 16.3. The summed E-state index contributed by atoms with van der Waals surface area (Å²) in [6.45, 7) is 5.98. The van der Waals surface area contributed by atoms with E-state index in [4.69, 9.17) is 9.15 Å². The van der Waals surface area contributed by atoms with Crippen molar-refractivity contribution in [2.24, 2.45) is 22.7 Å². The van der Waals surface area contributed by atoms with Gasteiger partial charge in [0.1, 0.15) is 0 Å². The van der Waals surface area contributed by atoms with Gasteiger partial charge in [-0.1, -0.05) is 20.3 Å². The molecule has 2 fully saturated rings. The Morgan fingerprint density at radius 3 is 2.73 bits per heavy atom. The van der Waals surface area contributed by atoms with Gasteiger partial charge in [-0.15, -0.1) is 0 Å². The van der Waals surface area contributed by atoms with Gasteiger partial charge in [-0.2, -0.15) is 0 Å². The number of methoxy groups -OCH3 is 1. The quantitative estimate of drug-likeness (QED) is 0.801. The summed E-state index contributed by atoms with van der Waals surface area (Å²) in [4.78, 5) is 12.6. The van der Waals surface area contributed by atoms with Crippen LogP contribution in [-0.2, 0) is 16.0 Å². The maximum atomic E-state index is 12.6. The fraction of sp³-hybridized carbons (Fsp3) is 0.762. The third kappa shape index (κ3) is 2.71. The largest absolute Gasteiger partial charge is 0.472 e. The number of furan rings is 1. The van der Waals surface area contributed by atoms with Crippen LogP contribution in [0.3, 0.4) is 0 Å². The van der Waals surface area contributed by atoms with E-state index >= 15 is 0 Å². The molecule has 2 aliphatic carbocycles. The van der Waals surface area contributed by atoms with Crippen LogP contribution in [0.5, 0.6) is 0 Å². The fourth-order valence-corrected chi connectivity index (χ4v) is 6.19. The summed E-state index contributed by atoms with van der Waals surface area (Å²) >= 11 is 0. The van der Waals surface area contributed by atoms with Crippen molar-refractivity contribution in [2.45, 2.75) is 71.0 Å². The van der Waals surface area contributed by atoms with Gasteiger partial charge in [-0.05, 0) is 56.6 Å². The Morgan fingerprint density at radius 1 is 1.38 bits per heavy atom. The van der Waals surface area contributed by atoms with E-state index in [1.165, 1.54) is 7.11 Å². The number of rotatable bonds is 4. The molecule has 3 rings (SSSR count). The number of carbonyl (C=O) groups excluding carboxylic acids is 1. The van der Waals surface area contributed by atoms with Gasteiger partial charge < -0.3 is 19.4 Å². The van der Waals surface area contributed by atoms with Crippen molar-refractivity contribution in [1.82, 2.24) is 0 Å². The summed E-state index contributed by atoms with van der Waals surface area (Å²) in [6, 6.07) is 1.92. The van der Waals surface area contributed by atoms with Crippen molar-refractivity contribution < 1.29 is 24.2 Å². The summed E-state index contributed by atoms with van der Waals surface area (Å²) in [7, 11) is 1.41. The third-order valence-electron chi connectivity index (χ3n) is 7.58. The molecular formula is C21H32O5. The molecule has 0 radical (unpaired) electrons. The Labute approximate surface area is 155 Å².